The zero-order chi connectivity index (χ0) is 27.9. The monoisotopic (exact) mass is 510 g/mol. The number of hydrogen-bond donors (Lipinski definition) is 0. The molecule has 0 aromatic carbocycles. The van der Waals surface area contributed by atoms with E-state index >= 15 is 0 Å². The van der Waals surface area contributed by atoms with E-state index in [0.717, 1.165) is 51.4 Å². The second kappa shape index (κ2) is 23.4. The first-order chi connectivity index (χ1) is 16.9. The van der Waals surface area contributed by atoms with Gasteiger partial charge in [0.25, 0.3) is 0 Å². The van der Waals surface area contributed by atoms with Gasteiger partial charge in [0.1, 0.15) is 23.8 Å². The lowest BCUT2D eigenvalue weighted by atomic mass is 9.97. The molecule has 0 N–H and O–H groups in total. The summed E-state index contributed by atoms with van der Waals surface area (Å²) in [6, 6.07) is 0. The van der Waals surface area contributed by atoms with Crippen molar-refractivity contribution < 1.29 is 28.7 Å². The van der Waals surface area contributed by atoms with E-state index in [4.69, 9.17) is 9.47 Å². The van der Waals surface area contributed by atoms with Gasteiger partial charge in [-0.3, -0.25) is 9.59 Å². The first kappa shape index (κ1) is 36.2. The lowest BCUT2D eigenvalue weighted by Gasteiger charge is -2.19. The number of carbonyl (C=O) groups excluding carboxylic acids is 4. The Morgan fingerprint density at radius 3 is 1.53 bits per heavy atom. The first-order valence-electron chi connectivity index (χ1n) is 13.8. The van der Waals surface area contributed by atoms with Crippen LogP contribution in [0, 0.1) is 11.8 Å². The molecular weight excluding hydrogens is 456 g/mol. The molecule has 4 atom stereocenters. The van der Waals surface area contributed by atoms with Crippen molar-refractivity contribution in [1.29, 1.82) is 0 Å². The summed E-state index contributed by atoms with van der Waals surface area (Å²) in [4.78, 5) is 43.1. The number of ketones is 2. The Labute approximate surface area is 221 Å². The number of esters is 2. The highest BCUT2D eigenvalue weighted by atomic mass is 16.5. The van der Waals surface area contributed by atoms with Crippen LogP contribution < -0.4 is 0 Å². The highest BCUT2D eigenvalue weighted by Gasteiger charge is 2.14. The molecule has 0 spiro atoms. The van der Waals surface area contributed by atoms with Crippen LogP contribution in [0.25, 0.3) is 0 Å². The Morgan fingerprint density at radius 2 is 1.03 bits per heavy atom. The van der Waals surface area contributed by atoms with E-state index in [-0.39, 0.29) is 29.9 Å². The molecule has 0 rings (SSSR count). The third-order valence-electron chi connectivity index (χ3n) is 6.32. The van der Waals surface area contributed by atoms with E-state index in [1.54, 1.807) is 13.8 Å². The van der Waals surface area contributed by atoms with Crippen molar-refractivity contribution in [2.24, 2.45) is 11.8 Å². The Kier molecular flexibility index (Phi) is 23.5. The van der Waals surface area contributed by atoms with Crippen LogP contribution in [-0.4, -0.2) is 35.7 Å². The zero-order valence-corrected chi connectivity index (χ0v) is 24.4. The van der Waals surface area contributed by atoms with Crippen LogP contribution >= 0.6 is 0 Å². The van der Waals surface area contributed by atoms with Gasteiger partial charge in [0.2, 0.25) is 0 Å². The molecule has 0 heterocycles. The summed E-state index contributed by atoms with van der Waals surface area (Å²) in [6.07, 6.45) is 16.5. The van der Waals surface area contributed by atoms with E-state index in [1.165, 1.54) is 33.1 Å². The maximum atomic E-state index is 10.8. The fourth-order valence-electron chi connectivity index (χ4n) is 3.62. The molecule has 0 amide bonds. The van der Waals surface area contributed by atoms with Gasteiger partial charge in [0, 0.05) is 26.7 Å². The molecule has 0 aliphatic carbocycles. The highest BCUT2D eigenvalue weighted by molar-refractivity contribution is 5.75. The van der Waals surface area contributed by atoms with Gasteiger partial charge in [0.05, 0.1) is 0 Å². The summed E-state index contributed by atoms with van der Waals surface area (Å²) in [7, 11) is 0. The predicted octanol–water partition coefficient (Wildman–Crippen LogP) is 7.56. The quantitative estimate of drug-likeness (QED) is 0.101. The van der Waals surface area contributed by atoms with Gasteiger partial charge in [-0.15, -0.1) is 0 Å². The van der Waals surface area contributed by atoms with Crippen molar-refractivity contribution in [3.8, 4) is 0 Å². The number of hydrogen-bond acceptors (Lipinski definition) is 6. The van der Waals surface area contributed by atoms with Gasteiger partial charge in [-0.2, -0.15) is 0 Å². The van der Waals surface area contributed by atoms with E-state index in [1.807, 2.05) is 13.8 Å². The lowest BCUT2D eigenvalue weighted by Crippen LogP contribution is -2.20. The van der Waals surface area contributed by atoms with Crippen LogP contribution in [0.4, 0.5) is 0 Å². The minimum atomic E-state index is -0.220. The van der Waals surface area contributed by atoms with Gasteiger partial charge < -0.3 is 19.1 Å². The Morgan fingerprint density at radius 1 is 0.583 bits per heavy atom. The van der Waals surface area contributed by atoms with Gasteiger partial charge in [0.15, 0.2) is 0 Å². The van der Waals surface area contributed by atoms with E-state index in [0.29, 0.717) is 24.0 Å². The van der Waals surface area contributed by atoms with Crippen LogP contribution in [0.3, 0.4) is 0 Å². The maximum Gasteiger partial charge on any atom is 0.302 e. The van der Waals surface area contributed by atoms with Crippen molar-refractivity contribution in [3.05, 3.63) is 12.2 Å². The van der Waals surface area contributed by atoms with Crippen molar-refractivity contribution in [2.75, 3.05) is 0 Å². The van der Waals surface area contributed by atoms with Gasteiger partial charge in [-0.1, -0.05) is 51.7 Å². The third-order valence-corrected chi connectivity index (χ3v) is 6.32. The summed E-state index contributed by atoms with van der Waals surface area (Å²) < 4.78 is 10.3. The number of rotatable bonds is 19. The molecule has 6 nitrogen and oxygen atoms in total. The molecule has 0 aromatic rings. The molecule has 0 saturated carbocycles. The van der Waals surface area contributed by atoms with Crippen LogP contribution in [0.2, 0.25) is 0 Å². The SMILES string of the molecule is CC(=O)CCCC/C=C/C[C@@H](C)C(C)OC(C)=O.CC(=O)CCCCCCC[C@@H](C)C(C)OC(C)=O. The summed E-state index contributed by atoms with van der Waals surface area (Å²) in [5, 5.41) is 0. The number of Topliss-reactive ketones (excluding diaryl/α,β-unsaturated/α-hetero) is 2. The molecule has 0 fully saturated rings. The number of unbranched alkanes of at least 4 members (excludes halogenated alkanes) is 6. The van der Waals surface area contributed by atoms with Crippen LogP contribution in [0.5, 0.6) is 0 Å². The average Bonchev–Trinajstić information content (AvgIpc) is 2.76. The van der Waals surface area contributed by atoms with Gasteiger partial charge in [-0.25, -0.2) is 0 Å². The third kappa shape index (κ3) is 26.6. The second-order valence-corrected chi connectivity index (χ2v) is 10.2. The molecule has 0 aliphatic rings. The summed E-state index contributed by atoms with van der Waals surface area (Å²) in [6.45, 7) is 14.3. The molecule has 6 heteroatoms. The average molecular weight is 511 g/mol. The van der Waals surface area contributed by atoms with Crippen molar-refractivity contribution in [2.45, 2.75) is 145 Å². The molecular formula is C30H54O6. The lowest BCUT2D eigenvalue weighted by molar-refractivity contribution is -0.148. The summed E-state index contributed by atoms with van der Waals surface area (Å²) >= 11 is 0. The molecule has 0 aliphatic heterocycles. The first-order valence-corrected chi connectivity index (χ1v) is 13.8. The number of carbonyl (C=O) groups is 4. The van der Waals surface area contributed by atoms with E-state index in [9.17, 15) is 19.2 Å². The Hall–Kier alpha value is -1.98. The van der Waals surface area contributed by atoms with E-state index < -0.39 is 0 Å². The molecule has 36 heavy (non-hydrogen) atoms. The highest BCUT2D eigenvalue weighted by Crippen LogP contribution is 2.17. The standard InChI is InChI=1S/C15H28O3.C15H26O3/c2*1-12(14(3)18-15(4)17)10-8-6-5-7-9-11-13(2)16/h12,14H,5-11H2,1-4H3;6,8,12,14H,5,7,9-11H2,1-4H3/b;8-6+/t2*12-,14?/m11/s1. The van der Waals surface area contributed by atoms with Gasteiger partial charge in [-0.05, 0) is 78.1 Å². The normalized spacial score (nSPS) is 14.2. The fraction of sp³-hybridized carbons (Fsp3) is 0.800. The van der Waals surface area contributed by atoms with Crippen molar-refractivity contribution in [3.63, 3.8) is 0 Å². The maximum absolute atomic E-state index is 10.8. The number of allylic oxidation sites excluding steroid dienone is 2. The largest absolute Gasteiger partial charge is 0.463 e. The molecule has 0 bridgehead atoms. The smallest absolute Gasteiger partial charge is 0.302 e. The van der Waals surface area contributed by atoms with Crippen LogP contribution in [0.1, 0.15) is 132 Å². The van der Waals surface area contributed by atoms with Gasteiger partial charge >= 0.3 is 11.9 Å². The number of ether oxygens (including phenoxy) is 2. The minimum absolute atomic E-state index is 0.0141. The fourth-order valence-corrected chi connectivity index (χ4v) is 3.62. The van der Waals surface area contributed by atoms with Crippen LogP contribution in [-0.2, 0) is 28.7 Å². The molecule has 2 unspecified atom stereocenters. The Bertz CT molecular complexity index is 639. The van der Waals surface area contributed by atoms with Crippen molar-refractivity contribution in [1.82, 2.24) is 0 Å². The second-order valence-electron chi connectivity index (χ2n) is 10.2. The molecule has 0 radical (unpaired) electrons. The summed E-state index contributed by atoms with van der Waals surface area (Å²) in [5.41, 5.74) is 0. The van der Waals surface area contributed by atoms with E-state index in [2.05, 4.69) is 26.0 Å². The van der Waals surface area contributed by atoms with Crippen molar-refractivity contribution >= 4 is 23.5 Å². The van der Waals surface area contributed by atoms with Crippen LogP contribution in [0.15, 0.2) is 12.2 Å². The minimum Gasteiger partial charge on any atom is -0.463 e. The Balaban J connectivity index is 0. The molecule has 0 aromatic heterocycles. The topological polar surface area (TPSA) is 86.7 Å². The molecule has 210 valence electrons. The molecule has 0 saturated heterocycles. The summed E-state index contributed by atoms with van der Waals surface area (Å²) in [5.74, 6) is 0.899. The predicted molar refractivity (Wildman–Crippen MR) is 147 cm³/mol. The zero-order valence-electron chi connectivity index (χ0n) is 24.4.